The van der Waals surface area contributed by atoms with E-state index in [4.69, 9.17) is 14.2 Å². The Kier molecular flexibility index (Phi) is 8.08. The Morgan fingerprint density at radius 2 is 2.16 bits per heavy atom. The molecule has 108 valence electrons. The zero-order chi connectivity index (χ0) is 13.9. The summed E-state index contributed by atoms with van der Waals surface area (Å²) in [5.41, 5.74) is 1.04. The molecule has 19 heavy (non-hydrogen) atoms. The molecule has 0 radical (unpaired) electrons. The van der Waals surface area contributed by atoms with E-state index in [1.807, 2.05) is 6.07 Å². The molecule has 0 aliphatic carbocycles. The summed E-state index contributed by atoms with van der Waals surface area (Å²) in [7, 11) is 3.20. The zero-order valence-electron chi connectivity index (χ0n) is 11.5. The summed E-state index contributed by atoms with van der Waals surface area (Å²) in [5.74, 6) is 0.593. The molecule has 0 saturated heterocycles. The summed E-state index contributed by atoms with van der Waals surface area (Å²) in [6.45, 7) is 2.45. The lowest BCUT2D eigenvalue weighted by Gasteiger charge is -2.12. The van der Waals surface area contributed by atoms with Gasteiger partial charge in [-0.05, 0) is 5.56 Å². The van der Waals surface area contributed by atoms with Gasteiger partial charge in [0.25, 0.3) is 0 Å². The fourth-order valence-electron chi connectivity index (χ4n) is 1.44. The van der Waals surface area contributed by atoms with Crippen molar-refractivity contribution in [2.75, 3.05) is 40.6 Å². The third-order valence-corrected chi connectivity index (χ3v) is 2.46. The van der Waals surface area contributed by atoms with Crippen LogP contribution in [0.5, 0.6) is 5.88 Å². The van der Waals surface area contributed by atoms with Crippen LogP contribution < -0.4 is 10.1 Å². The van der Waals surface area contributed by atoms with Crippen molar-refractivity contribution in [2.45, 2.75) is 12.6 Å². The summed E-state index contributed by atoms with van der Waals surface area (Å²) in [5, 5.41) is 12.8. The molecular weight excluding hydrogens is 248 g/mol. The maximum Gasteiger partial charge on any atom is 0.212 e. The second-order valence-corrected chi connectivity index (χ2v) is 4.06. The Bertz CT molecular complexity index is 332. The van der Waals surface area contributed by atoms with Gasteiger partial charge in [-0.25, -0.2) is 4.98 Å². The average molecular weight is 270 g/mol. The molecule has 0 aliphatic rings. The largest absolute Gasteiger partial charge is 0.481 e. The molecule has 1 rings (SSSR count). The molecule has 2 N–H and O–H groups in total. The number of aromatic nitrogens is 1. The number of aliphatic hydroxyl groups excluding tert-OH is 1. The Morgan fingerprint density at radius 1 is 1.32 bits per heavy atom. The van der Waals surface area contributed by atoms with Gasteiger partial charge >= 0.3 is 0 Å². The van der Waals surface area contributed by atoms with Crippen LogP contribution in [0.25, 0.3) is 0 Å². The highest BCUT2D eigenvalue weighted by atomic mass is 16.5. The van der Waals surface area contributed by atoms with Crippen LogP contribution in [0, 0.1) is 0 Å². The third-order valence-electron chi connectivity index (χ3n) is 2.46. The van der Waals surface area contributed by atoms with E-state index in [9.17, 15) is 5.11 Å². The van der Waals surface area contributed by atoms with Gasteiger partial charge in [0.2, 0.25) is 5.88 Å². The molecule has 1 aromatic rings. The van der Waals surface area contributed by atoms with Gasteiger partial charge in [0.15, 0.2) is 0 Å². The summed E-state index contributed by atoms with van der Waals surface area (Å²) in [6, 6.07) is 3.74. The van der Waals surface area contributed by atoms with Gasteiger partial charge in [0.05, 0.1) is 33.0 Å². The minimum Gasteiger partial charge on any atom is -0.481 e. The molecule has 0 spiro atoms. The van der Waals surface area contributed by atoms with E-state index in [-0.39, 0.29) is 0 Å². The molecule has 1 unspecified atom stereocenters. The molecule has 6 heteroatoms. The van der Waals surface area contributed by atoms with Gasteiger partial charge in [0, 0.05) is 32.5 Å². The second-order valence-electron chi connectivity index (χ2n) is 4.06. The predicted octanol–water partition coefficient (Wildman–Crippen LogP) is 0.204. The number of nitrogens with zero attached hydrogens (tertiary/aromatic N) is 1. The van der Waals surface area contributed by atoms with Gasteiger partial charge in [-0.1, -0.05) is 6.07 Å². The summed E-state index contributed by atoms with van der Waals surface area (Å²) in [6.07, 6.45) is 1.22. The molecule has 1 heterocycles. The van der Waals surface area contributed by atoms with Gasteiger partial charge in [-0.3, -0.25) is 0 Å². The van der Waals surface area contributed by atoms with Gasteiger partial charge < -0.3 is 24.6 Å². The number of hydrogen-bond donors (Lipinski definition) is 2. The molecule has 0 amide bonds. The molecule has 1 aromatic heterocycles. The number of pyridine rings is 1. The lowest BCUT2D eigenvalue weighted by molar-refractivity contribution is 0.0137. The summed E-state index contributed by atoms with van der Waals surface area (Å²) in [4.78, 5) is 4.10. The Hall–Kier alpha value is -1.21. The molecule has 1 atom stereocenters. The molecule has 0 fully saturated rings. The maximum absolute atomic E-state index is 9.64. The standard InChI is InChI=1S/C13H22N2O4/c1-17-5-6-19-10-12(16)9-14-7-11-3-4-13(18-2)15-8-11/h3-4,8,12,14,16H,5-7,9-10H2,1-2H3. The van der Waals surface area contributed by atoms with E-state index >= 15 is 0 Å². The third kappa shape index (κ3) is 7.07. The minimum absolute atomic E-state index is 0.303. The highest BCUT2D eigenvalue weighted by molar-refractivity contribution is 5.17. The molecule has 0 bridgehead atoms. The van der Waals surface area contributed by atoms with Crippen molar-refractivity contribution >= 4 is 0 Å². The first kappa shape index (κ1) is 15.8. The highest BCUT2D eigenvalue weighted by Gasteiger charge is 2.04. The van der Waals surface area contributed by atoms with Gasteiger partial charge in [-0.15, -0.1) is 0 Å². The van der Waals surface area contributed by atoms with Crippen LogP contribution in [0.15, 0.2) is 18.3 Å². The molecule has 0 saturated carbocycles. The molecule has 0 aliphatic heterocycles. The van der Waals surface area contributed by atoms with Crippen LogP contribution in [0.2, 0.25) is 0 Å². The smallest absolute Gasteiger partial charge is 0.212 e. The normalized spacial score (nSPS) is 12.4. The number of hydrogen-bond acceptors (Lipinski definition) is 6. The molecule has 0 aromatic carbocycles. The summed E-state index contributed by atoms with van der Waals surface area (Å²) < 4.78 is 15.0. The summed E-state index contributed by atoms with van der Waals surface area (Å²) >= 11 is 0. The highest BCUT2D eigenvalue weighted by Crippen LogP contribution is 2.06. The van der Waals surface area contributed by atoms with Crippen molar-refractivity contribution in [1.29, 1.82) is 0 Å². The SMILES string of the molecule is COCCOCC(O)CNCc1ccc(OC)nc1. The number of methoxy groups -OCH3 is 2. The van der Waals surface area contributed by atoms with E-state index in [1.165, 1.54) is 0 Å². The Balaban J connectivity index is 2.11. The fraction of sp³-hybridized carbons (Fsp3) is 0.615. The fourth-order valence-corrected chi connectivity index (χ4v) is 1.44. The minimum atomic E-state index is -0.525. The number of aliphatic hydroxyl groups is 1. The molecular formula is C13H22N2O4. The van der Waals surface area contributed by atoms with Gasteiger partial charge in [-0.2, -0.15) is 0 Å². The van der Waals surface area contributed by atoms with E-state index in [1.54, 1.807) is 26.5 Å². The van der Waals surface area contributed by atoms with Crippen LogP contribution in [0.1, 0.15) is 5.56 Å². The van der Waals surface area contributed by atoms with Crippen LogP contribution in [-0.2, 0) is 16.0 Å². The molecule has 6 nitrogen and oxygen atoms in total. The number of rotatable bonds is 10. The van der Waals surface area contributed by atoms with Crippen molar-refractivity contribution in [3.63, 3.8) is 0 Å². The van der Waals surface area contributed by atoms with Crippen molar-refractivity contribution in [3.8, 4) is 5.88 Å². The van der Waals surface area contributed by atoms with Crippen LogP contribution in [-0.4, -0.2) is 56.8 Å². The van der Waals surface area contributed by atoms with E-state index in [2.05, 4.69) is 10.3 Å². The monoisotopic (exact) mass is 270 g/mol. The van der Waals surface area contributed by atoms with E-state index in [0.717, 1.165) is 5.56 Å². The second kappa shape index (κ2) is 9.69. The first-order valence-corrected chi connectivity index (χ1v) is 6.20. The lowest BCUT2D eigenvalue weighted by Crippen LogP contribution is -2.30. The Labute approximate surface area is 113 Å². The van der Waals surface area contributed by atoms with Crippen molar-refractivity contribution in [3.05, 3.63) is 23.9 Å². The predicted molar refractivity (Wildman–Crippen MR) is 71.2 cm³/mol. The van der Waals surface area contributed by atoms with E-state index in [0.29, 0.717) is 38.8 Å². The average Bonchev–Trinajstić information content (AvgIpc) is 2.44. The number of ether oxygens (including phenoxy) is 3. The number of nitrogens with one attached hydrogen (secondary N) is 1. The van der Waals surface area contributed by atoms with Crippen molar-refractivity contribution < 1.29 is 19.3 Å². The quantitative estimate of drug-likeness (QED) is 0.592. The zero-order valence-corrected chi connectivity index (χ0v) is 11.5. The maximum atomic E-state index is 9.64. The first-order chi connectivity index (χ1) is 9.26. The van der Waals surface area contributed by atoms with Crippen LogP contribution >= 0.6 is 0 Å². The van der Waals surface area contributed by atoms with E-state index < -0.39 is 6.10 Å². The topological polar surface area (TPSA) is 72.8 Å². The first-order valence-electron chi connectivity index (χ1n) is 6.20. The van der Waals surface area contributed by atoms with Crippen molar-refractivity contribution in [2.24, 2.45) is 0 Å². The van der Waals surface area contributed by atoms with Crippen LogP contribution in [0.3, 0.4) is 0 Å². The van der Waals surface area contributed by atoms with Crippen LogP contribution in [0.4, 0.5) is 0 Å². The lowest BCUT2D eigenvalue weighted by atomic mass is 10.2. The van der Waals surface area contributed by atoms with Crippen molar-refractivity contribution in [1.82, 2.24) is 10.3 Å². The van der Waals surface area contributed by atoms with Gasteiger partial charge in [0.1, 0.15) is 0 Å². The Morgan fingerprint density at radius 3 is 2.79 bits per heavy atom.